The van der Waals surface area contributed by atoms with Crippen LogP contribution in [0.1, 0.15) is 33.1 Å². The van der Waals surface area contributed by atoms with Crippen LogP contribution in [0, 0.1) is 5.92 Å². The largest absolute Gasteiger partial charge is 0.397 e. The number of piperazine rings is 1. The predicted molar refractivity (Wildman–Crippen MR) is 83.3 cm³/mol. The number of carbonyl (C=O) groups excluding carboxylic acids is 2. The number of likely N-dealkylation sites (tertiary alicyclic amines) is 1. The van der Waals surface area contributed by atoms with Crippen molar-refractivity contribution in [2.45, 2.75) is 44.8 Å². The van der Waals surface area contributed by atoms with Gasteiger partial charge in [0, 0.05) is 32.7 Å². The molecule has 0 aliphatic carbocycles. The van der Waals surface area contributed by atoms with Gasteiger partial charge in [0.15, 0.2) is 0 Å². The quantitative estimate of drug-likeness (QED) is 0.779. The molecule has 0 unspecified atom stereocenters. The molecule has 24 heavy (non-hydrogen) atoms. The van der Waals surface area contributed by atoms with E-state index in [0.29, 0.717) is 31.8 Å². The molecule has 0 saturated carbocycles. The third kappa shape index (κ3) is 4.02. The molecule has 0 aromatic carbocycles. The zero-order chi connectivity index (χ0) is 18.1. The number of amides is 2. The van der Waals surface area contributed by atoms with Crippen LogP contribution in [-0.4, -0.2) is 78.0 Å². The maximum Gasteiger partial charge on any atom is 0.397 e. The van der Waals surface area contributed by atoms with Gasteiger partial charge in [-0.15, -0.1) is 0 Å². The number of likely N-dealkylation sites (N-methyl/N-ethyl adjacent to an activating group) is 1. The summed E-state index contributed by atoms with van der Waals surface area (Å²) in [4.78, 5) is 29.8. The van der Waals surface area contributed by atoms with Crippen molar-refractivity contribution < 1.29 is 22.8 Å². The zero-order valence-corrected chi connectivity index (χ0v) is 14.5. The van der Waals surface area contributed by atoms with Crippen molar-refractivity contribution in [2.75, 3.05) is 39.8 Å². The van der Waals surface area contributed by atoms with Crippen molar-refractivity contribution in [1.29, 1.82) is 0 Å². The minimum atomic E-state index is -4.49. The molecule has 0 N–H and O–H groups in total. The summed E-state index contributed by atoms with van der Waals surface area (Å²) < 4.78 is 37.2. The standard InChI is InChI=1S/C16H26F3N3O2/c1-12(2)11-22-9-8-20(3)15(14(22)24)4-6-21(7-5-15)13(23)10-16(17,18)19/h12H,4-11H2,1-3H3. The molecule has 0 aromatic rings. The van der Waals surface area contributed by atoms with Gasteiger partial charge < -0.3 is 9.80 Å². The summed E-state index contributed by atoms with van der Waals surface area (Å²) in [5.41, 5.74) is -0.678. The average molecular weight is 349 g/mol. The van der Waals surface area contributed by atoms with E-state index in [0.717, 1.165) is 6.54 Å². The van der Waals surface area contributed by atoms with Crippen molar-refractivity contribution in [1.82, 2.24) is 14.7 Å². The van der Waals surface area contributed by atoms with Crippen LogP contribution < -0.4 is 0 Å². The Morgan fingerprint density at radius 2 is 1.75 bits per heavy atom. The van der Waals surface area contributed by atoms with Crippen molar-refractivity contribution in [3.63, 3.8) is 0 Å². The Hall–Kier alpha value is -1.31. The average Bonchev–Trinajstić information content (AvgIpc) is 2.47. The SMILES string of the molecule is CC(C)CN1CCN(C)C2(CCN(C(=O)CC(F)(F)F)CC2)C1=O. The fraction of sp³-hybridized carbons (Fsp3) is 0.875. The molecule has 1 spiro atoms. The number of rotatable bonds is 3. The number of hydrogen-bond donors (Lipinski definition) is 0. The van der Waals surface area contributed by atoms with Crippen molar-refractivity contribution in [3.8, 4) is 0 Å². The molecule has 0 bridgehead atoms. The van der Waals surface area contributed by atoms with E-state index in [1.807, 2.05) is 16.8 Å². The Kier molecular flexibility index (Phi) is 5.47. The monoisotopic (exact) mass is 349 g/mol. The Labute approximate surface area is 140 Å². The summed E-state index contributed by atoms with van der Waals surface area (Å²) >= 11 is 0. The van der Waals surface area contributed by atoms with E-state index in [1.54, 1.807) is 0 Å². The van der Waals surface area contributed by atoms with E-state index in [2.05, 4.69) is 13.8 Å². The summed E-state index contributed by atoms with van der Waals surface area (Å²) in [6, 6.07) is 0. The lowest BCUT2D eigenvalue weighted by atomic mass is 9.82. The van der Waals surface area contributed by atoms with Gasteiger partial charge in [-0.1, -0.05) is 13.8 Å². The van der Waals surface area contributed by atoms with Crippen LogP contribution in [0.4, 0.5) is 13.2 Å². The van der Waals surface area contributed by atoms with Crippen LogP contribution in [0.2, 0.25) is 0 Å². The first-order valence-corrected chi connectivity index (χ1v) is 8.40. The number of carbonyl (C=O) groups is 2. The highest BCUT2D eigenvalue weighted by molar-refractivity contribution is 5.88. The van der Waals surface area contributed by atoms with Crippen LogP contribution in [-0.2, 0) is 9.59 Å². The van der Waals surface area contributed by atoms with Crippen molar-refractivity contribution >= 4 is 11.8 Å². The van der Waals surface area contributed by atoms with Gasteiger partial charge in [-0.3, -0.25) is 14.5 Å². The van der Waals surface area contributed by atoms with Crippen molar-refractivity contribution in [3.05, 3.63) is 0 Å². The number of halogens is 3. The molecule has 2 amide bonds. The van der Waals surface area contributed by atoms with Crippen LogP contribution in [0.5, 0.6) is 0 Å². The van der Waals surface area contributed by atoms with Gasteiger partial charge in [-0.25, -0.2) is 0 Å². The third-order valence-electron chi connectivity index (χ3n) is 5.00. The first-order valence-electron chi connectivity index (χ1n) is 8.40. The van der Waals surface area contributed by atoms with E-state index >= 15 is 0 Å². The van der Waals surface area contributed by atoms with E-state index < -0.39 is 24.0 Å². The van der Waals surface area contributed by atoms with Crippen molar-refractivity contribution in [2.24, 2.45) is 5.92 Å². The highest BCUT2D eigenvalue weighted by Crippen LogP contribution is 2.34. The maximum atomic E-state index is 13.0. The van der Waals surface area contributed by atoms with Gasteiger partial charge in [0.25, 0.3) is 0 Å². The Bertz CT molecular complexity index is 485. The second-order valence-electron chi connectivity index (χ2n) is 7.27. The molecular formula is C16H26F3N3O2. The summed E-state index contributed by atoms with van der Waals surface area (Å²) in [6.45, 7) is 6.60. The van der Waals surface area contributed by atoms with Gasteiger partial charge >= 0.3 is 6.18 Å². The summed E-state index contributed by atoms with van der Waals surface area (Å²) in [7, 11) is 1.89. The first-order chi connectivity index (χ1) is 11.0. The fourth-order valence-electron chi connectivity index (χ4n) is 3.66. The second-order valence-corrected chi connectivity index (χ2v) is 7.27. The van der Waals surface area contributed by atoms with Crippen LogP contribution >= 0.6 is 0 Å². The number of nitrogens with zero attached hydrogens (tertiary/aromatic N) is 3. The van der Waals surface area contributed by atoms with Gasteiger partial charge in [-0.05, 0) is 25.8 Å². The van der Waals surface area contributed by atoms with Crippen LogP contribution in [0.25, 0.3) is 0 Å². The molecule has 2 aliphatic rings. The Balaban J connectivity index is 2.04. The molecule has 2 aliphatic heterocycles. The van der Waals surface area contributed by atoms with Gasteiger partial charge in [0.2, 0.25) is 11.8 Å². The lowest BCUT2D eigenvalue weighted by molar-refractivity contribution is -0.167. The van der Waals surface area contributed by atoms with Gasteiger partial charge in [-0.2, -0.15) is 13.2 Å². The zero-order valence-electron chi connectivity index (χ0n) is 14.5. The molecule has 138 valence electrons. The van der Waals surface area contributed by atoms with E-state index in [-0.39, 0.29) is 19.0 Å². The molecular weight excluding hydrogens is 323 g/mol. The Morgan fingerprint density at radius 3 is 2.25 bits per heavy atom. The smallest absolute Gasteiger partial charge is 0.342 e. The summed E-state index contributed by atoms with van der Waals surface area (Å²) in [5, 5.41) is 0. The topological polar surface area (TPSA) is 43.9 Å². The molecule has 8 heteroatoms. The minimum Gasteiger partial charge on any atom is -0.342 e. The first kappa shape index (κ1) is 19.0. The van der Waals surface area contributed by atoms with Gasteiger partial charge in [0.1, 0.15) is 12.0 Å². The number of hydrogen-bond acceptors (Lipinski definition) is 3. The molecule has 2 saturated heterocycles. The van der Waals surface area contributed by atoms with Gasteiger partial charge in [0.05, 0.1) is 0 Å². The lowest BCUT2D eigenvalue weighted by Crippen LogP contribution is -2.68. The fourth-order valence-corrected chi connectivity index (χ4v) is 3.66. The normalized spacial score (nSPS) is 22.5. The predicted octanol–water partition coefficient (Wildman–Crippen LogP) is 1.73. The maximum absolute atomic E-state index is 13.0. The second kappa shape index (κ2) is 6.90. The minimum absolute atomic E-state index is 0.0490. The molecule has 2 rings (SSSR count). The summed E-state index contributed by atoms with van der Waals surface area (Å²) in [5.74, 6) is -0.488. The van der Waals surface area contributed by atoms with Crippen LogP contribution in [0.15, 0.2) is 0 Å². The lowest BCUT2D eigenvalue weighted by Gasteiger charge is -2.51. The van der Waals surface area contributed by atoms with E-state index in [4.69, 9.17) is 0 Å². The number of piperidine rings is 1. The molecule has 0 radical (unpaired) electrons. The third-order valence-corrected chi connectivity index (χ3v) is 5.00. The highest BCUT2D eigenvalue weighted by Gasteiger charge is 2.50. The van der Waals surface area contributed by atoms with Crippen LogP contribution in [0.3, 0.4) is 0 Å². The molecule has 5 nitrogen and oxygen atoms in total. The number of alkyl halides is 3. The Morgan fingerprint density at radius 1 is 1.17 bits per heavy atom. The molecule has 2 fully saturated rings. The van der Waals surface area contributed by atoms with E-state index in [9.17, 15) is 22.8 Å². The summed E-state index contributed by atoms with van der Waals surface area (Å²) in [6.07, 6.45) is -5.14. The van der Waals surface area contributed by atoms with E-state index in [1.165, 1.54) is 4.90 Å². The highest BCUT2D eigenvalue weighted by atomic mass is 19.4. The molecule has 0 atom stereocenters. The molecule has 2 heterocycles. The molecule has 0 aromatic heterocycles.